The third-order valence-corrected chi connectivity index (χ3v) is 7.69. The molecule has 9 heteroatoms. The summed E-state index contributed by atoms with van der Waals surface area (Å²) < 4.78 is 7.39. The zero-order valence-electron chi connectivity index (χ0n) is 26.2. The Kier molecular flexibility index (Phi) is 9.37. The van der Waals surface area contributed by atoms with Crippen molar-refractivity contribution in [2.24, 2.45) is 12.0 Å². The summed E-state index contributed by atoms with van der Waals surface area (Å²) in [6, 6.07) is 17.9. The van der Waals surface area contributed by atoms with Gasteiger partial charge in [-0.25, -0.2) is 9.98 Å². The number of nitrogens with one attached hydrogen (secondary N) is 2. The Bertz CT molecular complexity index is 1700. The van der Waals surface area contributed by atoms with E-state index in [1.807, 2.05) is 55.1 Å². The fourth-order valence-electron chi connectivity index (χ4n) is 5.13. The SMILES string of the molecule is C=CN=c1c(Nc2ccc(CN3CCOCC3)cc2)nc(-c2cccc(NC(=O)c3ccc(C(C)(C)C)nc3)c2C)cn1C. The van der Waals surface area contributed by atoms with E-state index in [2.05, 4.69) is 77.1 Å². The highest BCUT2D eigenvalue weighted by atomic mass is 16.5. The lowest BCUT2D eigenvalue weighted by atomic mass is 9.91. The Morgan fingerprint density at radius 1 is 1.09 bits per heavy atom. The summed E-state index contributed by atoms with van der Waals surface area (Å²) in [5, 5.41) is 6.52. The normalized spacial score (nSPS) is 14.3. The Morgan fingerprint density at radius 3 is 2.50 bits per heavy atom. The van der Waals surface area contributed by atoms with Crippen LogP contribution in [0.4, 0.5) is 17.2 Å². The maximum Gasteiger partial charge on any atom is 0.257 e. The highest BCUT2D eigenvalue weighted by Crippen LogP contribution is 2.29. The summed E-state index contributed by atoms with van der Waals surface area (Å²) >= 11 is 0. The standard InChI is InChI=1S/C35H41N7O2/c1-7-36-33-32(38-27-14-11-25(12-15-27)22-42-17-19-44-20-18-42)39-30(23-41(33)6)28-9-8-10-29(24(28)2)40-34(43)26-13-16-31(37-21-26)35(3,4)5/h7-16,21,23H,1,17-20,22H2,2-6H3,(H,38,39)(H,40,43). The first-order chi connectivity index (χ1) is 21.1. The van der Waals surface area contributed by atoms with Gasteiger partial charge in [-0.2, -0.15) is 0 Å². The number of morpholine rings is 1. The number of hydrogen-bond donors (Lipinski definition) is 2. The van der Waals surface area contributed by atoms with Crippen LogP contribution in [0.3, 0.4) is 0 Å². The maximum atomic E-state index is 13.1. The Hall–Kier alpha value is -4.60. The van der Waals surface area contributed by atoms with Crippen LogP contribution in [-0.2, 0) is 23.7 Å². The number of amides is 1. The highest BCUT2D eigenvalue weighted by Gasteiger charge is 2.18. The molecule has 4 aromatic rings. The number of aromatic nitrogens is 3. The van der Waals surface area contributed by atoms with E-state index in [0.717, 1.165) is 61.1 Å². The van der Waals surface area contributed by atoms with Crippen LogP contribution in [0.15, 0.2) is 84.8 Å². The number of carbonyl (C=O) groups is 1. The van der Waals surface area contributed by atoms with Crippen LogP contribution in [0.25, 0.3) is 11.3 Å². The van der Waals surface area contributed by atoms with E-state index in [0.29, 0.717) is 22.6 Å². The van der Waals surface area contributed by atoms with Crippen LogP contribution < -0.4 is 16.1 Å². The molecule has 1 fully saturated rings. The summed E-state index contributed by atoms with van der Waals surface area (Å²) in [7, 11) is 1.93. The molecule has 2 N–H and O–H groups in total. The molecule has 5 rings (SSSR count). The molecule has 9 nitrogen and oxygen atoms in total. The lowest BCUT2D eigenvalue weighted by molar-refractivity contribution is 0.0342. The monoisotopic (exact) mass is 591 g/mol. The molecule has 1 aliphatic heterocycles. The number of rotatable bonds is 8. The first-order valence-corrected chi connectivity index (χ1v) is 14.9. The predicted octanol–water partition coefficient (Wildman–Crippen LogP) is 5.96. The first-order valence-electron chi connectivity index (χ1n) is 14.9. The summed E-state index contributed by atoms with van der Waals surface area (Å²) in [5.41, 5.74) is 7.41. The van der Waals surface area contributed by atoms with E-state index in [9.17, 15) is 4.79 Å². The smallest absolute Gasteiger partial charge is 0.257 e. The zero-order chi connectivity index (χ0) is 31.3. The van der Waals surface area contributed by atoms with Gasteiger partial charge in [-0.05, 0) is 48.4 Å². The van der Waals surface area contributed by atoms with Gasteiger partial charge in [0.1, 0.15) is 0 Å². The fraction of sp³-hybridized carbons (Fsp3) is 0.314. The molecule has 0 spiro atoms. The van der Waals surface area contributed by atoms with Gasteiger partial charge in [0.15, 0.2) is 11.3 Å². The molecule has 2 aromatic carbocycles. The van der Waals surface area contributed by atoms with Crippen molar-refractivity contribution in [3.8, 4) is 11.3 Å². The second kappa shape index (κ2) is 13.4. The summed E-state index contributed by atoms with van der Waals surface area (Å²) in [6.07, 6.45) is 5.07. The maximum absolute atomic E-state index is 13.1. The van der Waals surface area contributed by atoms with Crippen LogP contribution in [0.2, 0.25) is 0 Å². The number of ether oxygens (including phenoxy) is 1. The van der Waals surface area contributed by atoms with Gasteiger partial charge in [0.2, 0.25) is 0 Å². The molecular weight excluding hydrogens is 550 g/mol. The van der Waals surface area contributed by atoms with Gasteiger partial charge in [0, 0.05) is 73.3 Å². The van der Waals surface area contributed by atoms with Crippen molar-refractivity contribution in [1.82, 2.24) is 19.4 Å². The second-order valence-electron chi connectivity index (χ2n) is 12.0. The van der Waals surface area contributed by atoms with Crippen LogP contribution in [0, 0.1) is 6.92 Å². The van der Waals surface area contributed by atoms with E-state index >= 15 is 0 Å². The number of nitrogens with zero attached hydrogens (tertiary/aromatic N) is 5. The van der Waals surface area contributed by atoms with Crippen LogP contribution in [-0.4, -0.2) is 51.6 Å². The molecule has 0 aliphatic carbocycles. The van der Waals surface area contributed by atoms with Gasteiger partial charge in [-0.15, -0.1) is 0 Å². The van der Waals surface area contributed by atoms with Crippen molar-refractivity contribution in [2.45, 2.75) is 39.7 Å². The van der Waals surface area contributed by atoms with Gasteiger partial charge >= 0.3 is 0 Å². The minimum Gasteiger partial charge on any atom is -0.379 e. The summed E-state index contributed by atoms with van der Waals surface area (Å²) in [4.78, 5) is 29.5. The molecule has 1 saturated heterocycles. The largest absolute Gasteiger partial charge is 0.379 e. The van der Waals surface area contributed by atoms with Crippen molar-refractivity contribution in [2.75, 3.05) is 36.9 Å². The number of hydrogen-bond acceptors (Lipinski definition) is 7. The van der Waals surface area contributed by atoms with Crippen molar-refractivity contribution in [3.05, 3.63) is 108 Å². The lowest BCUT2D eigenvalue weighted by Crippen LogP contribution is -2.35. The van der Waals surface area contributed by atoms with Gasteiger partial charge in [0.25, 0.3) is 5.91 Å². The molecule has 0 atom stereocenters. The van der Waals surface area contributed by atoms with Gasteiger partial charge in [-0.1, -0.05) is 51.6 Å². The van der Waals surface area contributed by atoms with Crippen LogP contribution in [0.1, 0.15) is 48.0 Å². The molecule has 228 valence electrons. The minimum atomic E-state index is -0.212. The molecule has 0 unspecified atom stereocenters. The van der Waals surface area contributed by atoms with Crippen LogP contribution >= 0.6 is 0 Å². The molecule has 44 heavy (non-hydrogen) atoms. The first kappa shape index (κ1) is 30.8. The van der Waals surface area contributed by atoms with Crippen molar-refractivity contribution in [3.63, 3.8) is 0 Å². The number of carbonyl (C=O) groups excluding carboxylic acids is 1. The lowest BCUT2D eigenvalue weighted by Gasteiger charge is -2.26. The van der Waals surface area contributed by atoms with E-state index in [-0.39, 0.29) is 11.3 Å². The minimum absolute atomic E-state index is 0.0855. The molecule has 0 bridgehead atoms. The summed E-state index contributed by atoms with van der Waals surface area (Å²) in [5.74, 6) is 0.390. The molecule has 0 saturated carbocycles. The zero-order valence-corrected chi connectivity index (χ0v) is 26.2. The van der Waals surface area contributed by atoms with Gasteiger partial charge in [-0.3, -0.25) is 14.7 Å². The van der Waals surface area contributed by atoms with Gasteiger partial charge in [0.05, 0.1) is 24.5 Å². The van der Waals surface area contributed by atoms with Crippen molar-refractivity contribution < 1.29 is 9.53 Å². The molecule has 1 aliphatic rings. The topological polar surface area (TPSA) is 96.7 Å². The molecule has 3 heterocycles. The Morgan fingerprint density at radius 2 is 1.84 bits per heavy atom. The number of benzene rings is 2. The molecule has 0 radical (unpaired) electrons. The van der Waals surface area contributed by atoms with E-state index < -0.39 is 0 Å². The second-order valence-corrected chi connectivity index (χ2v) is 12.0. The highest BCUT2D eigenvalue weighted by molar-refractivity contribution is 6.04. The molecule has 2 aromatic heterocycles. The third kappa shape index (κ3) is 7.30. The van der Waals surface area contributed by atoms with Crippen molar-refractivity contribution in [1.29, 1.82) is 0 Å². The van der Waals surface area contributed by atoms with Crippen molar-refractivity contribution >= 4 is 23.1 Å². The average Bonchev–Trinajstić information content (AvgIpc) is 3.01. The van der Waals surface area contributed by atoms with E-state index in [1.165, 1.54) is 11.8 Å². The summed E-state index contributed by atoms with van der Waals surface area (Å²) in [6.45, 7) is 16.4. The Balaban J connectivity index is 1.39. The quantitative estimate of drug-likeness (QED) is 0.263. The predicted molar refractivity (Wildman–Crippen MR) is 176 cm³/mol. The number of aryl methyl sites for hydroxylation is 1. The van der Waals surface area contributed by atoms with Crippen LogP contribution in [0.5, 0.6) is 0 Å². The fourth-order valence-corrected chi connectivity index (χ4v) is 5.13. The molecular formula is C35H41N7O2. The third-order valence-electron chi connectivity index (χ3n) is 7.69. The average molecular weight is 592 g/mol. The number of pyridine rings is 1. The Labute approximate surface area is 259 Å². The van der Waals surface area contributed by atoms with E-state index in [1.54, 1.807) is 6.20 Å². The van der Waals surface area contributed by atoms with Gasteiger partial charge < -0.3 is 19.9 Å². The number of anilines is 3. The van der Waals surface area contributed by atoms with E-state index in [4.69, 9.17) is 9.72 Å². The molecule has 1 amide bonds.